The highest BCUT2D eigenvalue weighted by Gasteiger charge is 2.19. The van der Waals surface area contributed by atoms with E-state index < -0.39 is 0 Å². The summed E-state index contributed by atoms with van der Waals surface area (Å²) in [7, 11) is 0. The van der Waals surface area contributed by atoms with E-state index in [1.807, 2.05) is 32.0 Å². The molecule has 0 aliphatic carbocycles. The highest BCUT2D eigenvalue weighted by atomic mass is 32.2. The lowest BCUT2D eigenvalue weighted by molar-refractivity contribution is 0.102. The van der Waals surface area contributed by atoms with Crippen molar-refractivity contribution in [2.24, 2.45) is 0 Å². The predicted octanol–water partition coefficient (Wildman–Crippen LogP) is 5.44. The number of pyridine rings is 1. The van der Waals surface area contributed by atoms with E-state index >= 15 is 0 Å². The van der Waals surface area contributed by atoms with Crippen molar-refractivity contribution in [3.8, 4) is 17.1 Å². The fourth-order valence-electron chi connectivity index (χ4n) is 3.88. The third-order valence-corrected chi connectivity index (χ3v) is 6.43. The molecule has 0 N–H and O–H groups in total. The Hall–Kier alpha value is -3.19. The van der Waals surface area contributed by atoms with Crippen molar-refractivity contribution in [2.75, 3.05) is 5.75 Å². The molecule has 0 radical (unpaired) electrons. The van der Waals surface area contributed by atoms with Crippen LogP contribution in [0.15, 0.2) is 60.0 Å². The van der Waals surface area contributed by atoms with Crippen LogP contribution in [0.4, 0.5) is 0 Å². The van der Waals surface area contributed by atoms with Gasteiger partial charge in [-0.3, -0.25) is 9.78 Å². The average molecular weight is 446 g/mol. The highest BCUT2D eigenvalue weighted by molar-refractivity contribution is 7.99. The van der Waals surface area contributed by atoms with Crippen LogP contribution in [0.1, 0.15) is 40.7 Å². The lowest BCUT2D eigenvalue weighted by Gasteiger charge is -2.10. The summed E-state index contributed by atoms with van der Waals surface area (Å²) in [4.78, 5) is 17.2. The first-order chi connectivity index (χ1) is 15.5. The van der Waals surface area contributed by atoms with Crippen molar-refractivity contribution < 1.29 is 4.79 Å². The predicted molar refractivity (Wildman–Crippen MR) is 129 cm³/mol. The van der Waals surface area contributed by atoms with Gasteiger partial charge in [0.2, 0.25) is 0 Å². The minimum absolute atomic E-state index is 0.0953. The molecule has 3 heterocycles. The quantitative estimate of drug-likeness (QED) is 0.267. The number of aromatic nitrogens is 5. The van der Waals surface area contributed by atoms with Crippen molar-refractivity contribution in [1.29, 1.82) is 0 Å². The fraction of sp³-hybridized carbons (Fsp3) is 0.280. The van der Waals surface area contributed by atoms with Gasteiger partial charge in [0.05, 0.1) is 5.75 Å². The Kier molecular flexibility index (Phi) is 6.55. The number of rotatable bonds is 8. The number of carbonyl (C=O) groups is 1. The zero-order valence-corrected chi connectivity index (χ0v) is 19.7. The summed E-state index contributed by atoms with van der Waals surface area (Å²) in [6.07, 6.45) is 4.45. The minimum Gasteiger partial charge on any atom is -0.318 e. The van der Waals surface area contributed by atoms with Crippen LogP contribution in [0.2, 0.25) is 0 Å². The minimum atomic E-state index is 0.0953. The molecule has 0 aliphatic rings. The maximum Gasteiger partial charge on any atom is 0.191 e. The van der Waals surface area contributed by atoms with Gasteiger partial charge in [0.1, 0.15) is 0 Å². The van der Waals surface area contributed by atoms with Crippen LogP contribution in [-0.4, -0.2) is 35.9 Å². The molecule has 0 aliphatic heterocycles. The van der Waals surface area contributed by atoms with Gasteiger partial charge in [0.15, 0.2) is 16.8 Å². The number of aryl methyl sites for hydroxylation is 2. The number of benzene rings is 1. The first kappa shape index (κ1) is 22.0. The third-order valence-electron chi connectivity index (χ3n) is 5.46. The molecular weight excluding hydrogens is 418 g/mol. The number of hydrogen-bond donors (Lipinski definition) is 0. The van der Waals surface area contributed by atoms with Gasteiger partial charge in [0, 0.05) is 47.1 Å². The summed E-state index contributed by atoms with van der Waals surface area (Å²) in [6, 6.07) is 14.2. The van der Waals surface area contributed by atoms with Crippen molar-refractivity contribution >= 4 is 17.5 Å². The molecule has 4 rings (SSSR count). The number of ketones is 1. The number of hydrogen-bond acceptors (Lipinski definition) is 5. The fourth-order valence-corrected chi connectivity index (χ4v) is 4.73. The second kappa shape index (κ2) is 9.53. The molecule has 0 saturated heterocycles. The van der Waals surface area contributed by atoms with Crippen molar-refractivity contribution in [2.45, 2.75) is 45.8 Å². The van der Waals surface area contributed by atoms with Crippen LogP contribution in [-0.2, 0) is 6.54 Å². The molecule has 0 spiro atoms. The third kappa shape index (κ3) is 4.39. The molecule has 0 atom stereocenters. The molecule has 0 saturated carbocycles. The molecule has 32 heavy (non-hydrogen) atoms. The van der Waals surface area contributed by atoms with Crippen LogP contribution in [0.25, 0.3) is 17.1 Å². The zero-order valence-electron chi connectivity index (χ0n) is 18.9. The molecule has 0 unspecified atom stereocenters. The summed E-state index contributed by atoms with van der Waals surface area (Å²) in [5.74, 6) is 1.22. The molecule has 6 nitrogen and oxygen atoms in total. The number of Topliss-reactive ketones (excluding diaryl/α,β-unsaturated/α-hetero) is 1. The number of carbonyl (C=O) groups excluding carboxylic acids is 1. The van der Waals surface area contributed by atoms with Gasteiger partial charge in [0.25, 0.3) is 0 Å². The Morgan fingerprint density at radius 1 is 1.00 bits per heavy atom. The molecule has 3 aromatic heterocycles. The summed E-state index contributed by atoms with van der Waals surface area (Å²) in [5.41, 5.74) is 6.03. The molecule has 1 aromatic carbocycles. The first-order valence-corrected chi connectivity index (χ1v) is 11.7. The van der Waals surface area contributed by atoms with Crippen molar-refractivity contribution in [1.82, 2.24) is 24.3 Å². The number of nitrogens with zero attached hydrogens (tertiary/aromatic N) is 5. The Bertz CT molecular complexity index is 1230. The van der Waals surface area contributed by atoms with E-state index in [1.54, 1.807) is 12.4 Å². The summed E-state index contributed by atoms with van der Waals surface area (Å²) < 4.78 is 4.22. The van der Waals surface area contributed by atoms with E-state index in [9.17, 15) is 4.79 Å². The normalized spacial score (nSPS) is 11.1. The van der Waals surface area contributed by atoms with E-state index in [2.05, 4.69) is 62.4 Å². The monoisotopic (exact) mass is 445 g/mol. The molecule has 0 fully saturated rings. The van der Waals surface area contributed by atoms with Gasteiger partial charge in [-0.2, -0.15) is 0 Å². The van der Waals surface area contributed by atoms with E-state index in [-0.39, 0.29) is 5.78 Å². The highest BCUT2D eigenvalue weighted by Crippen LogP contribution is 2.27. The molecule has 4 aromatic rings. The Morgan fingerprint density at radius 2 is 1.72 bits per heavy atom. The lowest BCUT2D eigenvalue weighted by atomic mass is 10.2. The van der Waals surface area contributed by atoms with Gasteiger partial charge in [-0.15, -0.1) is 10.2 Å². The summed E-state index contributed by atoms with van der Waals surface area (Å²) in [5, 5.41) is 9.53. The summed E-state index contributed by atoms with van der Waals surface area (Å²) in [6.45, 7) is 9.03. The topological polar surface area (TPSA) is 65.6 Å². The molecule has 164 valence electrons. The standard InChI is InChI=1S/C25H27N5OS/c1-5-14-29-24(20-10-12-26-13-11-20)27-28-25(29)32-16-23(31)22-15-18(3)30(19(22)4)21-8-6-17(2)7-9-21/h6-13,15H,5,14,16H2,1-4H3. The van der Waals surface area contributed by atoms with Crippen LogP contribution >= 0.6 is 11.8 Å². The van der Waals surface area contributed by atoms with E-state index in [0.29, 0.717) is 5.75 Å². The number of thioether (sulfide) groups is 1. The Morgan fingerprint density at radius 3 is 2.41 bits per heavy atom. The molecule has 7 heteroatoms. The van der Waals surface area contributed by atoms with Gasteiger partial charge < -0.3 is 9.13 Å². The second-order valence-electron chi connectivity index (χ2n) is 7.86. The largest absolute Gasteiger partial charge is 0.318 e. The zero-order chi connectivity index (χ0) is 22.7. The summed E-state index contributed by atoms with van der Waals surface area (Å²) >= 11 is 1.44. The lowest BCUT2D eigenvalue weighted by Crippen LogP contribution is -2.07. The first-order valence-electron chi connectivity index (χ1n) is 10.7. The SMILES string of the molecule is CCCn1c(SCC(=O)c2cc(C)n(-c3ccc(C)cc3)c2C)nnc1-c1ccncc1. The maximum absolute atomic E-state index is 13.1. The van der Waals surface area contributed by atoms with E-state index in [4.69, 9.17) is 0 Å². The van der Waals surface area contributed by atoms with Gasteiger partial charge in [-0.05, 0) is 57.5 Å². The second-order valence-corrected chi connectivity index (χ2v) is 8.80. The van der Waals surface area contributed by atoms with E-state index in [1.165, 1.54) is 17.3 Å². The Labute approximate surface area is 192 Å². The maximum atomic E-state index is 13.1. The molecule has 0 amide bonds. The van der Waals surface area contributed by atoms with Crippen LogP contribution < -0.4 is 0 Å². The van der Waals surface area contributed by atoms with Crippen molar-refractivity contribution in [3.05, 3.63) is 77.4 Å². The van der Waals surface area contributed by atoms with Gasteiger partial charge in [-0.1, -0.05) is 36.4 Å². The van der Waals surface area contributed by atoms with Gasteiger partial charge in [-0.25, -0.2) is 0 Å². The van der Waals surface area contributed by atoms with Crippen LogP contribution in [0.3, 0.4) is 0 Å². The van der Waals surface area contributed by atoms with Crippen molar-refractivity contribution in [3.63, 3.8) is 0 Å². The smallest absolute Gasteiger partial charge is 0.191 e. The van der Waals surface area contributed by atoms with Crippen LogP contribution in [0, 0.1) is 20.8 Å². The van der Waals surface area contributed by atoms with E-state index in [0.717, 1.165) is 52.1 Å². The Balaban J connectivity index is 1.55. The van der Waals surface area contributed by atoms with Crippen LogP contribution in [0.5, 0.6) is 0 Å². The average Bonchev–Trinajstić information content (AvgIpc) is 3.34. The molecule has 0 bridgehead atoms. The molecular formula is C25H27N5OS. The van der Waals surface area contributed by atoms with Gasteiger partial charge >= 0.3 is 0 Å².